The first-order valence-electron chi connectivity index (χ1n) is 5.63. The molecule has 0 aliphatic carbocycles. The SMILES string of the molecule is Cc1cc(C)cc(CSCCC(N)CO)c1. The molecule has 0 saturated heterocycles. The van der Waals surface area contributed by atoms with Crippen LogP contribution in [0.2, 0.25) is 0 Å². The summed E-state index contributed by atoms with van der Waals surface area (Å²) in [5.74, 6) is 2.04. The van der Waals surface area contributed by atoms with Crippen molar-refractivity contribution < 1.29 is 5.11 Å². The van der Waals surface area contributed by atoms with Gasteiger partial charge in [0.05, 0.1) is 6.61 Å². The number of benzene rings is 1. The predicted octanol–water partition coefficient (Wildman–Crippen LogP) is 2.25. The third kappa shape index (κ3) is 5.01. The Kier molecular flexibility index (Phi) is 5.88. The molecular weight excluding hydrogens is 218 g/mol. The highest BCUT2D eigenvalue weighted by molar-refractivity contribution is 7.98. The van der Waals surface area contributed by atoms with Gasteiger partial charge in [-0.2, -0.15) is 11.8 Å². The van der Waals surface area contributed by atoms with Gasteiger partial charge in [0.15, 0.2) is 0 Å². The van der Waals surface area contributed by atoms with Crippen molar-refractivity contribution in [1.29, 1.82) is 0 Å². The second-order valence-electron chi connectivity index (χ2n) is 4.28. The fraction of sp³-hybridized carbons (Fsp3) is 0.538. The number of nitrogens with two attached hydrogens (primary N) is 1. The summed E-state index contributed by atoms with van der Waals surface area (Å²) >= 11 is 1.88. The Morgan fingerprint density at radius 1 is 1.25 bits per heavy atom. The van der Waals surface area contributed by atoms with Gasteiger partial charge in [0.1, 0.15) is 0 Å². The van der Waals surface area contributed by atoms with Crippen LogP contribution >= 0.6 is 11.8 Å². The van der Waals surface area contributed by atoms with Gasteiger partial charge in [0, 0.05) is 11.8 Å². The maximum absolute atomic E-state index is 8.79. The van der Waals surface area contributed by atoms with Crippen LogP contribution < -0.4 is 5.73 Å². The van der Waals surface area contributed by atoms with Crippen LogP contribution in [0.4, 0.5) is 0 Å². The summed E-state index contributed by atoms with van der Waals surface area (Å²) in [6.45, 7) is 4.34. The predicted molar refractivity (Wildman–Crippen MR) is 71.8 cm³/mol. The van der Waals surface area contributed by atoms with E-state index in [1.165, 1.54) is 16.7 Å². The van der Waals surface area contributed by atoms with Crippen LogP contribution in [-0.4, -0.2) is 23.5 Å². The Bertz CT molecular complexity index is 307. The molecule has 1 atom stereocenters. The summed E-state index contributed by atoms with van der Waals surface area (Å²) in [6, 6.07) is 6.58. The number of aliphatic hydroxyl groups excluding tert-OH is 1. The fourth-order valence-electron chi connectivity index (χ4n) is 1.67. The van der Waals surface area contributed by atoms with Crippen LogP contribution in [0.5, 0.6) is 0 Å². The van der Waals surface area contributed by atoms with Gasteiger partial charge < -0.3 is 10.8 Å². The first-order chi connectivity index (χ1) is 7.61. The van der Waals surface area contributed by atoms with Gasteiger partial charge in [-0.3, -0.25) is 0 Å². The van der Waals surface area contributed by atoms with Crippen LogP contribution in [-0.2, 0) is 5.75 Å². The van der Waals surface area contributed by atoms with Crippen molar-refractivity contribution in [3.8, 4) is 0 Å². The average molecular weight is 239 g/mol. The monoisotopic (exact) mass is 239 g/mol. The van der Waals surface area contributed by atoms with Gasteiger partial charge in [0.25, 0.3) is 0 Å². The van der Waals surface area contributed by atoms with E-state index in [9.17, 15) is 0 Å². The van der Waals surface area contributed by atoms with Crippen LogP contribution in [0.15, 0.2) is 18.2 Å². The van der Waals surface area contributed by atoms with Crippen molar-refractivity contribution in [2.24, 2.45) is 5.73 Å². The fourth-order valence-corrected chi connectivity index (χ4v) is 2.68. The molecule has 0 aromatic heterocycles. The number of rotatable bonds is 6. The zero-order valence-electron chi connectivity index (χ0n) is 10.1. The Hall–Kier alpha value is -0.510. The van der Waals surface area contributed by atoms with Gasteiger partial charge in [0.2, 0.25) is 0 Å². The maximum atomic E-state index is 8.79. The molecular formula is C13H21NOS. The summed E-state index contributed by atoms with van der Waals surface area (Å²) in [5, 5.41) is 8.79. The van der Waals surface area contributed by atoms with Crippen molar-refractivity contribution in [1.82, 2.24) is 0 Å². The second kappa shape index (κ2) is 6.94. The zero-order valence-corrected chi connectivity index (χ0v) is 10.9. The molecule has 1 unspecified atom stereocenters. The number of thioether (sulfide) groups is 1. The molecule has 0 bridgehead atoms. The zero-order chi connectivity index (χ0) is 12.0. The minimum atomic E-state index is -0.0632. The van der Waals surface area contributed by atoms with Gasteiger partial charge in [-0.1, -0.05) is 29.3 Å². The topological polar surface area (TPSA) is 46.2 Å². The Morgan fingerprint density at radius 3 is 2.44 bits per heavy atom. The van der Waals surface area contributed by atoms with Crippen LogP contribution in [0, 0.1) is 13.8 Å². The average Bonchev–Trinajstić information content (AvgIpc) is 2.22. The number of aryl methyl sites for hydroxylation is 2. The molecule has 2 nitrogen and oxygen atoms in total. The lowest BCUT2D eigenvalue weighted by Gasteiger charge is -2.08. The molecule has 0 amide bonds. The summed E-state index contributed by atoms with van der Waals surface area (Å²) in [7, 11) is 0. The van der Waals surface area contributed by atoms with Crippen molar-refractivity contribution in [2.45, 2.75) is 32.1 Å². The highest BCUT2D eigenvalue weighted by atomic mass is 32.2. The molecule has 3 N–H and O–H groups in total. The number of hydrogen-bond acceptors (Lipinski definition) is 3. The summed E-state index contributed by atoms with van der Waals surface area (Å²) < 4.78 is 0. The standard InChI is InChI=1S/C13H21NOS/c1-10-5-11(2)7-12(6-10)9-16-4-3-13(14)8-15/h5-7,13,15H,3-4,8-9,14H2,1-2H3. The minimum Gasteiger partial charge on any atom is -0.395 e. The van der Waals surface area contributed by atoms with Gasteiger partial charge >= 0.3 is 0 Å². The highest BCUT2D eigenvalue weighted by Gasteiger charge is 2.01. The van der Waals surface area contributed by atoms with Crippen molar-refractivity contribution in [2.75, 3.05) is 12.4 Å². The van der Waals surface area contributed by atoms with E-state index in [0.29, 0.717) is 0 Å². The van der Waals surface area contributed by atoms with Gasteiger partial charge in [-0.05, 0) is 31.6 Å². The van der Waals surface area contributed by atoms with Crippen LogP contribution in [0.1, 0.15) is 23.1 Å². The van der Waals surface area contributed by atoms with Crippen molar-refractivity contribution in [3.63, 3.8) is 0 Å². The van der Waals surface area contributed by atoms with E-state index >= 15 is 0 Å². The Labute approximate surface area is 102 Å². The van der Waals surface area contributed by atoms with E-state index in [4.69, 9.17) is 10.8 Å². The smallest absolute Gasteiger partial charge is 0.0582 e. The van der Waals surface area contributed by atoms with Gasteiger partial charge in [-0.15, -0.1) is 0 Å². The van der Waals surface area contributed by atoms with Crippen LogP contribution in [0.3, 0.4) is 0 Å². The minimum absolute atomic E-state index is 0.0632. The third-order valence-corrected chi connectivity index (χ3v) is 3.48. The molecule has 90 valence electrons. The first kappa shape index (κ1) is 13.6. The van der Waals surface area contributed by atoms with Crippen molar-refractivity contribution >= 4 is 11.8 Å². The van der Waals surface area contributed by atoms with Crippen molar-refractivity contribution in [3.05, 3.63) is 34.9 Å². The normalized spacial score (nSPS) is 12.8. The Morgan fingerprint density at radius 2 is 1.88 bits per heavy atom. The largest absolute Gasteiger partial charge is 0.395 e. The summed E-state index contributed by atoms with van der Waals surface area (Å²) in [4.78, 5) is 0. The molecule has 0 aliphatic rings. The third-order valence-electron chi connectivity index (χ3n) is 2.42. The molecule has 0 aliphatic heterocycles. The quantitative estimate of drug-likeness (QED) is 0.748. The molecule has 16 heavy (non-hydrogen) atoms. The van der Waals surface area contributed by atoms with E-state index < -0.39 is 0 Å². The molecule has 0 spiro atoms. The maximum Gasteiger partial charge on any atom is 0.0582 e. The summed E-state index contributed by atoms with van der Waals surface area (Å²) in [6.07, 6.45) is 0.881. The van der Waals surface area contributed by atoms with E-state index in [-0.39, 0.29) is 12.6 Å². The number of aliphatic hydroxyl groups is 1. The van der Waals surface area contributed by atoms with Crippen LogP contribution in [0.25, 0.3) is 0 Å². The molecule has 3 heteroatoms. The summed E-state index contributed by atoms with van der Waals surface area (Å²) in [5.41, 5.74) is 9.66. The Balaban J connectivity index is 2.32. The molecule has 1 aromatic rings. The molecule has 0 heterocycles. The second-order valence-corrected chi connectivity index (χ2v) is 5.39. The van der Waals surface area contributed by atoms with E-state index in [2.05, 4.69) is 32.0 Å². The van der Waals surface area contributed by atoms with E-state index in [0.717, 1.165) is 17.9 Å². The van der Waals surface area contributed by atoms with Gasteiger partial charge in [-0.25, -0.2) is 0 Å². The highest BCUT2D eigenvalue weighted by Crippen LogP contribution is 2.16. The van der Waals surface area contributed by atoms with E-state index in [1.807, 2.05) is 11.8 Å². The lowest BCUT2D eigenvalue weighted by molar-refractivity contribution is 0.264. The molecule has 0 fully saturated rings. The number of hydrogen-bond donors (Lipinski definition) is 2. The lowest BCUT2D eigenvalue weighted by Crippen LogP contribution is -2.24. The first-order valence-corrected chi connectivity index (χ1v) is 6.78. The molecule has 1 rings (SSSR count). The molecule has 0 saturated carbocycles. The lowest BCUT2D eigenvalue weighted by atomic mass is 10.1. The molecule has 0 radical (unpaired) electrons. The molecule has 1 aromatic carbocycles. The van der Waals surface area contributed by atoms with E-state index in [1.54, 1.807) is 0 Å².